The first-order valence-electron chi connectivity index (χ1n) is 10.7. The number of carbonyl (C=O) groups is 1. The number of hydrogen-bond acceptors (Lipinski definition) is 8. The fourth-order valence-electron chi connectivity index (χ4n) is 3.60. The van der Waals surface area contributed by atoms with E-state index in [-0.39, 0.29) is 56.7 Å². The quantitative estimate of drug-likeness (QED) is 0.519. The minimum Gasteiger partial charge on any atom is -0.395 e. The highest BCUT2D eigenvalue weighted by molar-refractivity contribution is 5.77. The molecule has 2 aromatic rings. The number of nitrogens with zero attached hydrogens (tertiary/aromatic N) is 6. The van der Waals surface area contributed by atoms with Crippen LogP contribution in [0.15, 0.2) is 23.3 Å². The van der Waals surface area contributed by atoms with Crippen LogP contribution in [0, 0.1) is 0 Å². The Morgan fingerprint density at radius 3 is 2.25 bits per heavy atom. The van der Waals surface area contributed by atoms with E-state index in [1.54, 1.807) is 10.00 Å². The van der Waals surface area contributed by atoms with Gasteiger partial charge in [-0.1, -0.05) is 0 Å². The molecule has 2 N–H and O–H groups in total. The van der Waals surface area contributed by atoms with Crippen molar-refractivity contribution in [1.29, 1.82) is 0 Å². The Kier molecular flexibility index (Phi) is 8.18. The number of H-pyrrole nitrogens is 1. The standard InChI is InChI=1S/C20H23F6N7O3/c1-31(10-13-6-15(20(24,25)26)17(36)30-29-13)14(11-34)7-16(35)32-2-4-33(5-3-32)18-27-8-12(9-28-18)19(21,22)23/h6,8-9,14,34H,2-5,7,10-11H2,1H3,(H,30,36)/t14-/m0/s1. The fraction of sp³-hybridized carbons (Fsp3) is 0.550. The zero-order chi connectivity index (χ0) is 26.7. The number of carbonyl (C=O) groups excluding carboxylic acids is 1. The van der Waals surface area contributed by atoms with Gasteiger partial charge in [-0.15, -0.1) is 0 Å². The normalized spacial score (nSPS) is 15.9. The molecule has 0 saturated carbocycles. The molecule has 1 saturated heterocycles. The third-order valence-electron chi connectivity index (χ3n) is 5.70. The van der Waals surface area contributed by atoms with Gasteiger partial charge in [0.2, 0.25) is 11.9 Å². The van der Waals surface area contributed by atoms with Gasteiger partial charge in [0.1, 0.15) is 5.56 Å². The SMILES string of the molecule is CN(Cc1cc(C(F)(F)F)c(=O)[nH]n1)[C@H](CO)CC(=O)N1CCN(c2ncc(C(F)(F)F)cn2)CC1. The molecule has 1 amide bonds. The molecule has 3 rings (SSSR count). The highest BCUT2D eigenvalue weighted by atomic mass is 19.4. The van der Waals surface area contributed by atoms with Crippen LogP contribution >= 0.6 is 0 Å². The van der Waals surface area contributed by atoms with Crippen LogP contribution in [0.5, 0.6) is 0 Å². The number of alkyl halides is 6. The van der Waals surface area contributed by atoms with E-state index in [2.05, 4.69) is 15.1 Å². The largest absolute Gasteiger partial charge is 0.421 e. The summed E-state index contributed by atoms with van der Waals surface area (Å²) in [6.45, 7) is 0.397. The molecule has 16 heteroatoms. The molecule has 3 heterocycles. The molecule has 2 aromatic heterocycles. The lowest BCUT2D eigenvalue weighted by Crippen LogP contribution is -2.50. The summed E-state index contributed by atoms with van der Waals surface area (Å²) < 4.78 is 76.9. The Labute approximate surface area is 200 Å². The Bertz CT molecular complexity index is 1100. The van der Waals surface area contributed by atoms with E-state index in [1.807, 2.05) is 0 Å². The van der Waals surface area contributed by atoms with Crippen molar-refractivity contribution < 1.29 is 36.2 Å². The molecule has 1 aliphatic heterocycles. The Hall–Kier alpha value is -3.27. The molecule has 36 heavy (non-hydrogen) atoms. The van der Waals surface area contributed by atoms with Gasteiger partial charge in [0.25, 0.3) is 5.56 Å². The van der Waals surface area contributed by atoms with Gasteiger partial charge in [0.15, 0.2) is 0 Å². The number of aliphatic hydroxyl groups is 1. The number of rotatable bonds is 7. The van der Waals surface area contributed by atoms with Gasteiger partial charge in [-0.25, -0.2) is 15.1 Å². The second kappa shape index (κ2) is 10.8. The minimum atomic E-state index is -4.86. The first kappa shape index (κ1) is 27.3. The summed E-state index contributed by atoms with van der Waals surface area (Å²) in [4.78, 5) is 36.2. The minimum absolute atomic E-state index is 0.0968. The average molecular weight is 523 g/mol. The second-order valence-corrected chi connectivity index (χ2v) is 8.19. The van der Waals surface area contributed by atoms with Crippen LogP contribution < -0.4 is 10.5 Å². The predicted molar refractivity (Wildman–Crippen MR) is 113 cm³/mol. The maximum Gasteiger partial charge on any atom is 0.421 e. The molecule has 0 bridgehead atoms. The smallest absolute Gasteiger partial charge is 0.395 e. The zero-order valence-corrected chi connectivity index (χ0v) is 19.0. The Morgan fingerprint density at radius 2 is 1.72 bits per heavy atom. The maximum atomic E-state index is 13.0. The number of likely N-dealkylation sites (N-methyl/N-ethyl adjacent to an activating group) is 1. The summed E-state index contributed by atoms with van der Waals surface area (Å²) in [7, 11) is 1.49. The van der Waals surface area contributed by atoms with E-state index in [0.717, 1.165) is 0 Å². The van der Waals surface area contributed by atoms with Crippen molar-refractivity contribution in [2.45, 2.75) is 31.4 Å². The Balaban J connectivity index is 1.56. The van der Waals surface area contributed by atoms with Gasteiger partial charge in [0, 0.05) is 57.6 Å². The molecule has 1 fully saturated rings. The third-order valence-corrected chi connectivity index (χ3v) is 5.70. The van der Waals surface area contributed by atoms with Crippen LogP contribution in [0.1, 0.15) is 23.2 Å². The molecule has 10 nitrogen and oxygen atoms in total. The van der Waals surface area contributed by atoms with Crippen LogP contribution in [-0.2, 0) is 23.7 Å². The van der Waals surface area contributed by atoms with Crippen LogP contribution in [-0.4, -0.2) is 86.9 Å². The van der Waals surface area contributed by atoms with E-state index in [9.17, 15) is 41.0 Å². The summed E-state index contributed by atoms with van der Waals surface area (Å²) >= 11 is 0. The van der Waals surface area contributed by atoms with Gasteiger partial charge in [0.05, 0.1) is 17.9 Å². The number of anilines is 1. The van der Waals surface area contributed by atoms with Crippen LogP contribution in [0.25, 0.3) is 0 Å². The average Bonchev–Trinajstić information content (AvgIpc) is 2.82. The lowest BCUT2D eigenvalue weighted by molar-refractivity contribution is -0.139. The molecule has 0 radical (unpaired) electrons. The van der Waals surface area contributed by atoms with Gasteiger partial charge < -0.3 is 14.9 Å². The van der Waals surface area contributed by atoms with Crippen molar-refractivity contribution in [2.24, 2.45) is 0 Å². The fourth-order valence-corrected chi connectivity index (χ4v) is 3.60. The topological polar surface area (TPSA) is 119 Å². The summed E-state index contributed by atoms with van der Waals surface area (Å²) in [5.41, 5.74) is -3.83. The van der Waals surface area contributed by atoms with Crippen molar-refractivity contribution >= 4 is 11.9 Å². The summed E-state index contributed by atoms with van der Waals surface area (Å²) in [6, 6.07) is -0.120. The van der Waals surface area contributed by atoms with E-state index in [1.165, 1.54) is 16.8 Å². The van der Waals surface area contributed by atoms with Gasteiger partial charge in [-0.2, -0.15) is 31.4 Å². The first-order valence-corrected chi connectivity index (χ1v) is 10.7. The number of hydrogen-bond donors (Lipinski definition) is 2. The lowest BCUT2D eigenvalue weighted by Gasteiger charge is -2.36. The zero-order valence-electron chi connectivity index (χ0n) is 19.0. The van der Waals surface area contributed by atoms with Crippen molar-refractivity contribution in [3.05, 3.63) is 45.6 Å². The second-order valence-electron chi connectivity index (χ2n) is 8.19. The van der Waals surface area contributed by atoms with Crippen LogP contribution in [0.2, 0.25) is 0 Å². The highest BCUT2D eigenvalue weighted by Gasteiger charge is 2.35. The monoisotopic (exact) mass is 523 g/mol. The van der Waals surface area contributed by atoms with E-state index in [4.69, 9.17) is 0 Å². The molecular formula is C20H23F6N7O3. The summed E-state index contributed by atoms with van der Waals surface area (Å²) in [5, 5.41) is 15.1. The molecule has 0 spiro atoms. The number of aliphatic hydroxyl groups excluding tert-OH is 1. The number of nitrogens with one attached hydrogen (secondary N) is 1. The summed E-state index contributed by atoms with van der Waals surface area (Å²) in [5.74, 6) is -0.214. The number of halogens is 6. The number of amides is 1. The Morgan fingerprint density at radius 1 is 1.11 bits per heavy atom. The van der Waals surface area contributed by atoms with Crippen molar-refractivity contribution in [1.82, 2.24) is 30.0 Å². The number of aromatic nitrogens is 4. The molecule has 198 valence electrons. The van der Waals surface area contributed by atoms with E-state index >= 15 is 0 Å². The predicted octanol–water partition coefficient (Wildman–Crippen LogP) is 1.13. The van der Waals surface area contributed by atoms with E-state index in [0.29, 0.717) is 18.5 Å². The van der Waals surface area contributed by atoms with Gasteiger partial charge >= 0.3 is 12.4 Å². The molecule has 1 aliphatic rings. The van der Waals surface area contributed by atoms with Crippen molar-refractivity contribution in [2.75, 3.05) is 44.7 Å². The number of aromatic amines is 1. The third kappa shape index (κ3) is 6.69. The van der Waals surface area contributed by atoms with Crippen molar-refractivity contribution in [3.8, 4) is 0 Å². The first-order chi connectivity index (χ1) is 16.8. The maximum absolute atomic E-state index is 13.0. The van der Waals surface area contributed by atoms with Crippen molar-refractivity contribution in [3.63, 3.8) is 0 Å². The molecule has 0 aromatic carbocycles. The lowest BCUT2D eigenvalue weighted by atomic mass is 10.1. The molecular weight excluding hydrogens is 500 g/mol. The van der Waals surface area contributed by atoms with Crippen LogP contribution in [0.4, 0.5) is 32.3 Å². The van der Waals surface area contributed by atoms with E-state index < -0.39 is 41.7 Å². The molecule has 1 atom stereocenters. The highest BCUT2D eigenvalue weighted by Crippen LogP contribution is 2.29. The molecule has 0 unspecified atom stereocenters. The number of piperazine rings is 1. The summed E-state index contributed by atoms with van der Waals surface area (Å²) in [6.07, 6.45) is -8.16. The van der Waals surface area contributed by atoms with Gasteiger partial charge in [-0.05, 0) is 13.1 Å². The molecule has 0 aliphatic carbocycles. The van der Waals surface area contributed by atoms with Gasteiger partial charge in [-0.3, -0.25) is 14.5 Å². The van der Waals surface area contributed by atoms with Crippen LogP contribution in [0.3, 0.4) is 0 Å².